The van der Waals surface area contributed by atoms with E-state index in [1.807, 2.05) is 0 Å². The van der Waals surface area contributed by atoms with Crippen molar-refractivity contribution < 1.29 is 19.0 Å². The predicted octanol–water partition coefficient (Wildman–Crippen LogP) is 2.36. The van der Waals surface area contributed by atoms with Crippen molar-refractivity contribution in [3.8, 4) is 5.75 Å². The zero-order valence-corrected chi connectivity index (χ0v) is 8.97. The highest BCUT2D eigenvalue weighted by Crippen LogP contribution is 2.29. The van der Waals surface area contributed by atoms with Crippen LogP contribution in [0, 0.1) is 12.7 Å². The number of rotatable bonds is 3. The molecule has 14 heavy (non-hydrogen) atoms. The Morgan fingerprint density at radius 1 is 1.64 bits per heavy atom. The van der Waals surface area contributed by atoms with Crippen LogP contribution in [0.1, 0.15) is 5.56 Å². The topological polar surface area (TPSA) is 46.5 Å². The Bertz CT molecular complexity index is 342. The fraction of sp³-hybridized carbons (Fsp3) is 0.222. The van der Waals surface area contributed by atoms with Crippen LogP contribution in [-0.2, 0) is 4.79 Å². The Labute approximate surface area is 88.6 Å². The van der Waals surface area contributed by atoms with E-state index in [2.05, 4.69) is 15.9 Å². The molecule has 0 heterocycles. The average Bonchev–Trinajstić information content (AvgIpc) is 2.01. The van der Waals surface area contributed by atoms with Crippen molar-refractivity contribution in [1.29, 1.82) is 0 Å². The molecule has 0 aliphatic heterocycles. The van der Waals surface area contributed by atoms with Gasteiger partial charge in [0.05, 0.1) is 4.47 Å². The molecule has 1 rings (SSSR count). The number of benzene rings is 1. The molecule has 5 heteroatoms. The highest BCUT2D eigenvalue weighted by Gasteiger charge is 2.10. The minimum Gasteiger partial charge on any atom is -0.479 e. The number of carboxylic acid groups (broad SMARTS) is 1. The molecular formula is C9H8BrFO3. The minimum atomic E-state index is -1.14. The molecule has 1 aromatic carbocycles. The summed E-state index contributed by atoms with van der Waals surface area (Å²) >= 11 is 3.09. The number of halogens is 2. The summed E-state index contributed by atoms with van der Waals surface area (Å²) in [7, 11) is 0. The lowest BCUT2D eigenvalue weighted by atomic mass is 10.2. The summed E-state index contributed by atoms with van der Waals surface area (Å²) in [5.74, 6) is -1.78. The third-order valence-electron chi connectivity index (χ3n) is 1.48. The molecular weight excluding hydrogens is 255 g/mol. The highest BCUT2D eigenvalue weighted by molar-refractivity contribution is 9.10. The monoisotopic (exact) mass is 262 g/mol. The van der Waals surface area contributed by atoms with E-state index in [4.69, 9.17) is 9.84 Å². The van der Waals surface area contributed by atoms with Crippen LogP contribution in [0.4, 0.5) is 4.39 Å². The summed E-state index contributed by atoms with van der Waals surface area (Å²) in [6.45, 7) is 1.17. The van der Waals surface area contributed by atoms with Crippen molar-refractivity contribution in [2.45, 2.75) is 6.92 Å². The molecule has 0 spiro atoms. The second-order valence-corrected chi connectivity index (χ2v) is 3.59. The lowest BCUT2D eigenvalue weighted by molar-refractivity contribution is -0.139. The van der Waals surface area contributed by atoms with E-state index in [0.717, 1.165) is 5.56 Å². The third kappa shape index (κ3) is 2.70. The molecule has 1 aromatic rings. The first-order valence-electron chi connectivity index (χ1n) is 3.81. The van der Waals surface area contributed by atoms with Crippen LogP contribution in [0.3, 0.4) is 0 Å². The zero-order valence-electron chi connectivity index (χ0n) is 7.38. The molecule has 0 saturated carbocycles. The minimum absolute atomic E-state index is 0.0713. The van der Waals surface area contributed by atoms with Crippen molar-refractivity contribution in [1.82, 2.24) is 0 Å². The van der Waals surface area contributed by atoms with Gasteiger partial charge < -0.3 is 9.84 Å². The second-order valence-electron chi connectivity index (χ2n) is 2.74. The van der Waals surface area contributed by atoms with E-state index < -0.39 is 18.4 Å². The summed E-state index contributed by atoms with van der Waals surface area (Å²) in [6, 6.07) is 2.93. The van der Waals surface area contributed by atoms with Crippen LogP contribution in [0.5, 0.6) is 5.75 Å². The Morgan fingerprint density at radius 3 is 2.79 bits per heavy atom. The molecule has 0 amide bonds. The number of carboxylic acids is 1. The molecule has 0 fully saturated rings. The van der Waals surface area contributed by atoms with Crippen LogP contribution in [0.2, 0.25) is 0 Å². The SMILES string of the molecule is Cc1cc(F)c(OCC(=O)O)c(Br)c1. The Kier molecular flexibility index (Phi) is 3.46. The smallest absolute Gasteiger partial charge is 0.341 e. The largest absolute Gasteiger partial charge is 0.479 e. The quantitative estimate of drug-likeness (QED) is 0.910. The number of hydrogen-bond acceptors (Lipinski definition) is 2. The number of aliphatic carboxylic acids is 1. The van der Waals surface area contributed by atoms with Gasteiger partial charge in [0.2, 0.25) is 0 Å². The molecule has 0 unspecified atom stereocenters. The fourth-order valence-corrected chi connectivity index (χ4v) is 1.62. The normalized spacial score (nSPS) is 9.93. The molecule has 1 N–H and O–H groups in total. The fourth-order valence-electron chi connectivity index (χ4n) is 0.958. The van der Waals surface area contributed by atoms with Crippen molar-refractivity contribution in [3.63, 3.8) is 0 Å². The van der Waals surface area contributed by atoms with E-state index in [1.54, 1.807) is 13.0 Å². The molecule has 0 bridgehead atoms. The van der Waals surface area contributed by atoms with Crippen LogP contribution in [-0.4, -0.2) is 17.7 Å². The van der Waals surface area contributed by atoms with Crippen molar-refractivity contribution in [3.05, 3.63) is 28.0 Å². The van der Waals surface area contributed by atoms with Gasteiger partial charge in [0.15, 0.2) is 18.2 Å². The standard InChI is InChI=1S/C9H8BrFO3/c1-5-2-6(10)9(7(11)3-5)14-4-8(12)13/h2-3H,4H2,1H3,(H,12,13). The average molecular weight is 263 g/mol. The van der Waals surface area contributed by atoms with Crippen molar-refractivity contribution in [2.75, 3.05) is 6.61 Å². The first-order valence-corrected chi connectivity index (χ1v) is 4.60. The number of carbonyl (C=O) groups is 1. The summed E-state index contributed by atoms with van der Waals surface area (Å²) in [5.41, 5.74) is 0.733. The van der Waals surface area contributed by atoms with Gasteiger partial charge in [-0.15, -0.1) is 0 Å². The first kappa shape index (κ1) is 11.0. The Hall–Kier alpha value is -1.10. The van der Waals surface area contributed by atoms with Crippen molar-refractivity contribution in [2.24, 2.45) is 0 Å². The molecule has 0 saturated heterocycles. The highest BCUT2D eigenvalue weighted by atomic mass is 79.9. The van der Waals surface area contributed by atoms with Crippen LogP contribution in [0.25, 0.3) is 0 Å². The molecule has 76 valence electrons. The van der Waals surface area contributed by atoms with Gasteiger partial charge in [-0.2, -0.15) is 0 Å². The first-order chi connectivity index (χ1) is 6.50. The van der Waals surface area contributed by atoms with E-state index in [9.17, 15) is 9.18 Å². The maximum absolute atomic E-state index is 13.2. The molecule has 3 nitrogen and oxygen atoms in total. The van der Waals surface area contributed by atoms with Gasteiger partial charge in [0.1, 0.15) is 0 Å². The maximum atomic E-state index is 13.2. The van der Waals surface area contributed by atoms with Gasteiger partial charge in [0, 0.05) is 0 Å². The lowest BCUT2D eigenvalue weighted by Gasteiger charge is -2.07. The van der Waals surface area contributed by atoms with Gasteiger partial charge in [0.25, 0.3) is 0 Å². The third-order valence-corrected chi connectivity index (χ3v) is 2.07. The summed E-state index contributed by atoms with van der Waals surface area (Å²) in [4.78, 5) is 10.2. The number of ether oxygens (including phenoxy) is 1. The van der Waals surface area contributed by atoms with Gasteiger partial charge in [-0.05, 0) is 40.5 Å². The molecule has 0 aromatic heterocycles. The molecule has 0 atom stereocenters. The van der Waals surface area contributed by atoms with E-state index in [-0.39, 0.29) is 5.75 Å². The van der Waals surface area contributed by atoms with Gasteiger partial charge in [-0.1, -0.05) is 0 Å². The predicted molar refractivity (Wildman–Crippen MR) is 52.0 cm³/mol. The number of aryl methyl sites for hydroxylation is 1. The molecule has 0 radical (unpaired) electrons. The Balaban J connectivity index is 2.91. The van der Waals surface area contributed by atoms with Crippen LogP contribution < -0.4 is 4.74 Å². The van der Waals surface area contributed by atoms with Crippen molar-refractivity contribution >= 4 is 21.9 Å². The summed E-state index contributed by atoms with van der Waals surface area (Å²) < 4.78 is 18.4. The van der Waals surface area contributed by atoms with E-state index in [1.165, 1.54) is 6.07 Å². The maximum Gasteiger partial charge on any atom is 0.341 e. The van der Waals surface area contributed by atoms with E-state index in [0.29, 0.717) is 4.47 Å². The van der Waals surface area contributed by atoms with Gasteiger partial charge in [-0.3, -0.25) is 0 Å². The zero-order chi connectivity index (χ0) is 10.7. The summed E-state index contributed by atoms with van der Waals surface area (Å²) in [5, 5.41) is 8.35. The lowest BCUT2D eigenvalue weighted by Crippen LogP contribution is -2.10. The second kappa shape index (κ2) is 4.41. The van der Waals surface area contributed by atoms with Gasteiger partial charge in [-0.25, -0.2) is 9.18 Å². The van der Waals surface area contributed by atoms with Crippen LogP contribution in [0.15, 0.2) is 16.6 Å². The van der Waals surface area contributed by atoms with Gasteiger partial charge >= 0.3 is 5.97 Å². The number of hydrogen-bond donors (Lipinski definition) is 1. The molecule has 0 aliphatic carbocycles. The summed E-state index contributed by atoms with van der Waals surface area (Å²) in [6.07, 6.45) is 0. The molecule has 0 aliphatic rings. The Morgan fingerprint density at radius 2 is 2.29 bits per heavy atom. The van der Waals surface area contributed by atoms with Crippen LogP contribution >= 0.6 is 15.9 Å². The van der Waals surface area contributed by atoms with E-state index >= 15 is 0 Å².